The highest BCUT2D eigenvalue weighted by atomic mass is 32.2. The Morgan fingerprint density at radius 3 is 2.46 bits per heavy atom. The Kier molecular flexibility index (Phi) is 5.13. The number of hydrogen-bond acceptors (Lipinski definition) is 8. The number of rotatable bonds is 5. The Morgan fingerprint density at radius 2 is 1.88 bits per heavy atom. The van der Waals surface area contributed by atoms with E-state index in [-0.39, 0.29) is 34.4 Å². The topological polar surface area (TPSA) is 113 Å². The molecule has 130 valence electrons. The maximum atomic E-state index is 12.4. The monoisotopic (exact) mass is 371 g/mol. The molecule has 0 saturated heterocycles. The summed E-state index contributed by atoms with van der Waals surface area (Å²) in [7, 11) is 1.26. The van der Waals surface area contributed by atoms with E-state index in [4.69, 9.17) is 0 Å². The van der Waals surface area contributed by atoms with Gasteiger partial charge in [-0.2, -0.15) is 0 Å². The molecule has 0 spiro atoms. The molecule has 2 aromatic rings. The average Bonchev–Trinajstić information content (AvgIpc) is 2.93. The van der Waals surface area contributed by atoms with Crippen LogP contribution in [0.3, 0.4) is 0 Å². The molecule has 0 unspecified atom stereocenters. The van der Waals surface area contributed by atoms with Crippen molar-refractivity contribution in [2.75, 3.05) is 33.9 Å². The molecule has 0 aliphatic rings. The lowest BCUT2D eigenvalue weighted by Crippen LogP contribution is -2.32. The van der Waals surface area contributed by atoms with Gasteiger partial charge >= 0.3 is 0 Å². The number of amides is 2. The van der Waals surface area contributed by atoms with E-state index >= 15 is 0 Å². The van der Waals surface area contributed by atoms with Gasteiger partial charge in [0, 0.05) is 40.4 Å². The van der Waals surface area contributed by atoms with Gasteiger partial charge in [-0.15, -0.1) is 0 Å². The molecule has 0 atom stereocenters. The third-order valence-corrected chi connectivity index (χ3v) is 5.16. The van der Waals surface area contributed by atoms with Crippen LogP contribution in [0.5, 0.6) is 0 Å². The van der Waals surface area contributed by atoms with Gasteiger partial charge < -0.3 is 9.80 Å². The van der Waals surface area contributed by atoms with Gasteiger partial charge in [-0.1, -0.05) is 11.3 Å². The zero-order chi connectivity index (χ0) is 18.1. The summed E-state index contributed by atoms with van der Waals surface area (Å²) in [5, 5.41) is -0.0940. The third-order valence-electron chi connectivity index (χ3n) is 3.20. The van der Waals surface area contributed by atoms with Crippen LogP contribution in [0.25, 0.3) is 10.3 Å². The van der Waals surface area contributed by atoms with Gasteiger partial charge in [0.05, 0.1) is 0 Å². The molecule has 0 aliphatic carbocycles. The van der Waals surface area contributed by atoms with Gasteiger partial charge in [-0.05, 0) is 0 Å². The number of aromatic nitrogens is 3. The average molecular weight is 371 g/mol. The third kappa shape index (κ3) is 3.85. The molecule has 0 fully saturated rings. The van der Waals surface area contributed by atoms with E-state index in [1.54, 1.807) is 21.1 Å². The van der Waals surface area contributed by atoms with Gasteiger partial charge in [-0.25, -0.2) is 23.4 Å². The first-order valence-electron chi connectivity index (χ1n) is 6.88. The van der Waals surface area contributed by atoms with Crippen LogP contribution < -0.4 is 0 Å². The number of carbonyl (C=O) groups excluding carboxylic acids is 2. The zero-order valence-electron chi connectivity index (χ0n) is 13.7. The van der Waals surface area contributed by atoms with Crippen LogP contribution in [0.2, 0.25) is 0 Å². The van der Waals surface area contributed by atoms with Gasteiger partial charge in [0.2, 0.25) is 5.91 Å². The van der Waals surface area contributed by atoms with E-state index in [0.29, 0.717) is 4.83 Å². The first kappa shape index (κ1) is 18.2. The van der Waals surface area contributed by atoms with Gasteiger partial charge in [0.1, 0.15) is 16.7 Å². The van der Waals surface area contributed by atoms with E-state index in [0.717, 1.165) is 23.9 Å². The molecule has 2 heterocycles. The van der Waals surface area contributed by atoms with Gasteiger partial charge in [-0.3, -0.25) is 9.59 Å². The first-order valence-corrected chi connectivity index (χ1v) is 9.59. The Labute approximate surface area is 143 Å². The molecule has 0 bridgehead atoms. The minimum atomic E-state index is -3.58. The molecule has 0 saturated carbocycles. The van der Waals surface area contributed by atoms with Crippen molar-refractivity contribution in [1.29, 1.82) is 0 Å². The number of nitrogens with zero attached hydrogens (tertiary/aromatic N) is 5. The summed E-state index contributed by atoms with van der Waals surface area (Å²) in [6.07, 6.45) is 2.34. The lowest BCUT2D eigenvalue weighted by Gasteiger charge is -2.17. The lowest BCUT2D eigenvalue weighted by atomic mass is 10.3. The van der Waals surface area contributed by atoms with Crippen molar-refractivity contribution in [3.63, 3.8) is 0 Å². The SMILES string of the molecule is CN(C)C(=O)CCN(C)C(=O)c1nc2c(S(C)(=O)=O)ncnc2s1. The van der Waals surface area contributed by atoms with E-state index < -0.39 is 15.7 Å². The molecule has 9 nitrogen and oxygen atoms in total. The highest BCUT2D eigenvalue weighted by Gasteiger charge is 2.23. The van der Waals surface area contributed by atoms with E-state index in [1.807, 2.05) is 0 Å². The normalized spacial score (nSPS) is 11.5. The Hall–Kier alpha value is -2.14. The number of carbonyl (C=O) groups is 2. The molecule has 2 amide bonds. The second kappa shape index (κ2) is 6.77. The zero-order valence-corrected chi connectivity index (χ0v) is 15.3. The van der Waals surface area contributed by atoms with Crippen LogP contribution in [0.4, 0.5) is 0 Å². The summed E-state index contributed by atoms with van der Waals surface area (Å²) < 4.78 is 23.5. The van der Waals surface area contributed by atoms with Crippen molar-refractivity contribution in [3.05, 3.63) is 11.3 Å². The fraction of sp³-hybridized carbons (Fsp3) is 0.462. The van der Waals surface area contributed by atoms with Crippen molar-refractivity contribution in [1.82, 2.24) is 24.8 Å². The van der Waals surface area contributed by atoms with Crippen LogP contribution >= 0.6 is 11.3 Å². The summed E-state index contributed by atoms with van der Waals surface area (Å²) in [6.45, 7) is 0.233. The summed E-state index contributed by atoms with van der Waals surface area (Å²) in [6, 6.07) is 0. The number of fused-ring (bicyclic) bond motifs is 1. The predicted octanol–water partition coefficient (Wildman–Crippen LogP) is 0.0401. The summed E-state index contributed by atoms with van der Waals surface area (Å²) in [5.74, 6) is -0.492. The van der Waals surface area contributed by atoms with Crippen LogP contribution in [0.15, 0.2) is 11.4 Å². The Morgan fingerprint density at radius 1 is 1.21 bits per heavy atom. The van der Waals surface area contributed by atoms with Gasteiger partial charge in [0.25, 0.3) is 5.91 Å². The summed E-state index contributed by atoms with van der Waals surface area (Å²) in [4.78, 5) is 38.9. The van der Waals surface area contributed by atoms with Crippen LogP contribution in [0, 0.1) is 0 Å². The maximum Gasteiger partial charge on any atom is 0.282 e. The Balaban J connectivity index is 2.26. The fourth-order valence-corrected chi connectivity index (χ4v) is 3.55. The molecule has 0 aliphatic heterocycles. The molecule has 11 heteroatoms. The fourth-order valence-electron chi connectivity index (χ4n) is 1.85. The van der Waals surface area contributed by atoms with Crippen molar-refractivity contribution in [2.45, 2.75) is 11.4 Å². The molecular weight excluding hydrogens is 354 g/mol. The highest BCUT2D eigenvalue weighted by Crippen LogP contribution is 2.24. The van der Waals surface area contributed by atoms with Crippen LogP contribution in [-0.2, 0) is 14.6 Å². The molecule has 0 N–H and O–H groups in total. The number of thiazole rings is 1. The smallest absolute Gasteiger partial charge is 0.282 e. The maximum absolute atomic E-state index is 12.4. The number of sulfone groups is 1. The first-order chi connectivity index (χ1) is 11.1. The minimum absolute atomic E-state index is 0.0890. The van der Waals surface area contributed by atoms with Crippen LogP contribution in [0.1, 0.15) is 16.2 Å². The summed E-state index contributed by atoms with van der Waals surface area (Å²) in [5.41, 5.74) is 0.0890. The largest absolute Gasteiger partial charge is 0.349 e. The highest BCUT2D eigenvalue weighted by molar-refractivity contribution is 7.90. The van der Waals surface area contributed by atoms with Gasteiger partial charge in [0.15, 0.2) is 19.9 Å². The quantitative estimate of drug-likeness (QED) is 0.682. The van der Waals surface area contributed by atoms with Crippen molar-refractivity contribution in [3.8, 4) is 0 Å². The van der Waals surface area contributed by atoms with E-state index in [1.165, 1.54) is 9.80 Å². The van der Waals surface area contributed by atoms with Crippen molar-refractivity contribution in [2.24, 2.45) is 0 Å². The molecule has 0 aromatic carbocycles. The summed E-state index contributed by atoms with van der Waals surface area (Å²) >= 11 is 0.991. The second-order valence-electron chi connectivity index (χ2n) is 5.39. The molecular formula is C13H17N5O4S2. The molecule has 2 aromatic heterocycles. The lowest BCUT2D eigenvalue weighted by molar-refractivity contribution is -0.128. The van der Waals surface area contributed by atoms with Crippen molar-refractivity contribution >= 4 is 43.3 Å². The second-order valence-corrected chi connectivity index (χ2v) is 8.30. The number of hydrogen-bond donors (Lipinski definition) is 0. The predicted molar refractivity (Wildman–Crippen MR) is 88.6 cm³/mol. The minimum Gasteiger partial charge on any atom is -0.349 e. The van der Waals surface area contributed by atoms with Crippen LogP contribution in [-0.4, -0.2) is 78.9 Å². The Bertz CT molecular complexity index is 891. The van der Waals surface area contributed by atoms with Crippen molar-refractivity contribution < 1.29 is 18.0 Å². The van der Waals surface area contributed by atoms with E-state index in [2.05, 4.69) is 15.0 Å². The molecule has 2 rings (SSSR count). The molecule has 24 heavy (non-hydrogen) atoms. The van der Waals surface area contributed by atoms with E-state index in [9.17, 15) is 18.0 Å². The standard InChI is InChI=1S/C13H17N5O4S2/c1-17(2)8(19)5-6-18(3)13(20)11-16-9-10(23-11)14-7-15-12(9)24(4,21)22/h7H,5-6H2,1-4H3. The molecule has 0 radical (unpaired) electrons.